The molecule has 0 N–H and O–H groups in total. The molecule has 0 aliphatic carbocycles. The van der Waals surface area contributed by atoms with E-state index in [2.05, 4.69) is 0 Å². The fourth-order valence-electron chi connectivity index (χ4n) is 1.64. The zero-order chi connectivity index (χ0) is 12.3. The lowest BCUT2D eigenvalue weighted by molar-refractivity contribution is 0.472. The average Bonchev–Trinajstić information content (AvgIpc) is 2.34. The maximum Gasteiger partial charge on any atom is 0.130 e. The Kier molecular flexibility index (Phi) is 3.43. The number of ether oxygens (including phenoxy) is 1. The largest absolute Gasteiger partial charge is 0.457 e. The van der Waals surface area contributed by atoms with Crippen molar-refractivity contribution in [3.05, 3.63) is 59.2 Å². The molecule has 0 amide bonds. The molecule has 2 aromatic carbocycles. The SMILES string of the molecule is Cc1ccc(Oc2ccc(CF)cc2C)cc1. The molecule has 0 fully saturated rings. The van der Waals surface area contributed by atoms with E-state index in [1.54, 1.807) is 6.07 Å². The van der Waals surface area contributed by atoms with Crippen LogP contribution in [0.3, 0.4) is 0 Å². The van der Waals surface area contributed by atoms with Gasteiger partial charge in [0.25, 0.3) is 0 Å². The quantitative estimate of drug-likeness (QED) is 0.750. The Labute approximate surface area is 101 Å². The first-order valence-corrected chi connectivity index (χ1v) is 5.59. The van der Waals surface area contributed by atoms with Crippen molar-refractivity contribution in [2.75, 3.05) is 0 Å². The standard InChI is InChI=1S/C15H15FO/c1-11-3-6-14(7-4-11)17-15-8-5-13(10-16)9-12(15)2/h3-9H,10H2,1-2H3. The summed E-state index contributed by atoms with van der Waals surface area (Å²) in [4.78, 5) is 0. The van der Waals surface area contributed by atoms with Crippen LogP contribution in [0.25, 0.3) is 0 Å². The molecule has 2 aromatic rings. The van der Waals surface area contributed by atoms with Crippen LogP contribution in [0.4, 0.5) is 4.39 Å². The van der Waals surface area contributed by atoms with Gasteiger partial charge in [0.05, 0.1) is 0 Å². The highest BCUT2D eigenvalue weighted by Crippen LogP contribution is 2.26. The van der Waals surface area contributed by atoms with E-state index in [4.69, 9.17) is 4.74 Å². The minimum Gasteiger partial charge on any atom is -0.457 e. The normalized spacial score (nSPS) is 10.3. The topological polar surface area (TPSA) is 9.23 Å². The van der Waals surface area contributed by atoms with Crippen LogP contribution in [0.2, 0.25) is 0 Å². The third kappa shape index (κ3) is 2.84. The molecule has 0 atom stereocenters. The zero-order valence-corrected chi connectivity index (χ0v) is 10.0. The monoisotopic (exact) mass is 230 g/mol. The lowest BCUT2D eigenvalue weighted by Gasteiger charge is -2.09. The van der Waals surface area contributed by atoms with Gasteiger partial charge in [0.2, 0.25) is 0 Å². The molecule has 88 valence electrons. The second-order valence-electron chi connectivity index (χ2n) is 4.15. The van der Waals surface area contributed by atoms with Crippen molar-refractivity contribution >= 4 is 0 Å². The summed E-state index contributed by atoms with van der Waals surface area (Å²) in [7, 11) is 0. The van der Waals surface area contributed by atoms with E-state index in [0.29, 0.717) is 5.56 Å². The lowest BCUT2D eigenvalue weighted by Crippen LogP contribution is -1.89. The highest BCUT2D eigenvalue weighted by molar-refractivity contribution is 5.40. The van der Waals surface area contributed by atoms with Gasteiger partial charge in [-0.3, -0.25) is 0 Å². The van der Waals surface area contributed by atoms with Crippen LogP contribution < -0.4 is 4.74 Å². The maximum absolute atomic E-state index is 12.5. The van der Waals surface area contributed by atoms with Gasteiger partial charge in [-0.05, 0) is 49.2 Å². The van der Waals surface area contributed by atoms with Gasteiger partial charge in [0.1, 0.15) is 18.2 Å². The van der Waals surface area contributed by atoms with Crippen LogP contribution in [-0.4, -0.2) is 0 Å². The Morgan fingerprint density at radius 3 is 2.29 bits per heavy atom. The summed E-state index contributed by atoms with van der Waals surface area (Å²) in [5.41, 5.74) is 2.82. The molecule has 0 aliphatic rings. The first-order chi connectivity index (χ1) is 8.19. The number of hydrogen-bond acceptors (Lipinski definition) is 1. The molecule has 0 saturated carbocycles. The number of rotatable bonds is 3. The van der Waals surface area contributed by atoms with E-state index >= 15 is 0 Å². The zero-order valence-electron chi connectivity index (χ0n) is 10.0. The fourth-order valence-corrected chi connectivity index (χ4v) is 1.64. The van der Waals surface area contributed by atoms with Crippen molar-refractivity contribution < 1.29 is 9.13 Å². The summed E-state index contributed by atoms with van der Waals surface area (Å²) in [6.45, 7) is 3.51. The Balaban J connectivity index is 2.21. The third-order valence-electron chi connectivity index (χ3n) is 2.64. The summed E-state index contributed by atoms with van der Waals surface area (Å²) >= 11 is 0. The van der Waals surface area contributed by atoms with Gasteiger partial charge in [-0.15, -0.1) is 0 Å². The van der Waals surface area contributed by atoms with Crippen LogP contribution in [0.5, 0.6) is 11.5 Å². The van der Waals surface area contributed by atoms with Gasteiger partial charge >= 0.3 is 0 Å². The summed E-state index contributed by atoms with van der Waals surface area (Å²) < 4.78 is 18.2. The van der Waals surface area contributed by atoms with Crippen molar-refractivity contribution in [3.8, 4) is 11.5 Å². The van der Waals surface area contributed by atoms with Crippen LogP contribution in [0.15, 0.2) is 42.5 Å². The smallest absolute Gasteiger partial charge is 0.130 e. The van der Waals surface area contributed by atoms with E-state index in [1.165, 1.54) is 5.56 Å². The molecule has 0 heterocycles. The fraction of sp³-hybridized carbons (Fsp3) is 0.200. The van der Waals surface area contributed by atoms with Crippen molar-refractivity contribution in [2.24, 2.45) is 0 Å². The van der Waals surface area contributed by atoms with Gasteiger partial charge in [-0.25, -0.2) is 4.39 Å². The van der Waals surface area contributed by atoms with Crippen LogP contribution in [0, 0.1) is 13.8 Å². The summed E-state index contributed by atoms with van der Waals surface area (Å²) in [6, 6.07) is 13.2. The first-order valence-electron chi connectivity index (χ1n) is 5.59. The van der Waals surface area contributed by atoms with Gasteiger partial charge in [0.15, 0.2) is 0 Å². The average molecular weight is 230 g/mol. The van der Waals surface area contributed by atoms with Gasteiger partial charge < -0.3 is 4.74 Å². The Morgan fingerprint density at radius 1 is 1.00 bits per heavy atom. The van der Waals surface area contributed by atoms with Crippen LogP contribution in [0.1, 0.15) is 16.7 Å². The summed E-state index contributed by atoms with van der Waals surface area (Å²) in [5.74, 6) is 1.57. The molecule has 0 aromatic heterocycles. The summed E-state index contributed by atoms with van der Waals surface area (Å²) in [6.07, 6.45) is 0. The van der Waals surface area contributed by atoms with Crippen molar-refractivity contribution in [1.82, 2.24) is 0 Å². The van der Waals surface area contributed by atoms with Crippen molar-refractivity contribution in [3.63, 3.8) is 0 Å². The van der Waals surface area contributed by atoms with E-state index in [-0.39, 0.29) is 0 Å². The van der Waals surface area contributed by atoms with Gasteiger partial charge in [-0.2, -0.15) is 0 Å². The van der Waals surface area contributed by atoms with Gasteiger partial charge in [0, 0.05) is 0 Å². The minimum atomic E-state index is -0.439. The number of alkyl halides is 1. The third-order valence-corrected chi connectivity index (χ3v) is 2.64. The maximum atomic E-state index is 12.5. The highest BCUT2D eigenvalue weighted by Gasteiger charge is 2.02. The molecule has 0 bridgehead atoms. The predicted molar refractivity (Wildman–Crippen MR) is 67.2 cm³/mol. The molecule has 0 aliphatic heterocycles. The summed E-state index contributed by atoms with van der Waals surface area (Å²) in [5, 5.41) is 0. The Hall–Kier alpha value is -1.83. The number of hydrogen-bond donors (Lipinski definition) is 0. The molecule has 0 spiro atoms. The molecule has 2 rings (SSSR count). The van der Waals surface area contributed by atoms with E-state index in [9.17, 15) is 4.39 Å². The Morgan fingerprint density at radius 2 is 1.71 bits per heavy atom. The molecular formula is C15H15FO. The number of aryl methyl sites for hydroxylation is 2. The molecule has 0 unspecified atom stereocenters. The molecule has 0 saturated heterocycles. The van der Waals surface area contributed by atoms with E-state index in [0.717, 1.165) is 17.1 Å². The van der Waals surface area contributed by atoms with Gasteiger partial charge in [-0.1, -0.05) is 23.8 Å². The number of benzene rings is 2. The van der Waals surface area contributed by atoms with Crippen molar-refractivity contribution in [1.29, 1.82) is 0 Å². The second kappa shape index (κ2) is 5.00. The highest BCUT2D eigenvalue weighted by atomic mass is 19.1. The molecular weight excluding hydrogens is 215 g/mol. The Bertz CT molecular complexity index is 503. The lowest BCUT2D eigenvalue weighted by atomic mass is 10.1. The molecule has 17 heavy (non-hydrogen) atoms. The number of halogens is 1. The minimum absolute atomic E-state index is 0.439. The molecule has 0 radical (unpaired) electrons. The van der Waals surface area contributed by atoms with E-state index < -0.39 is 6.67 Å². The predicted octanol–water partition coefficient (Wildman–Crippen LogP) is 4.57. The van der Waals surface area contributed by atoms with E-state index in [1.807, 2.05) is 50.2 Å². The molecule has 2 heteroatoms. The molecule has 1 nitrogen and oxygen atoms in total. The van der Waals surface area contributed by atoms with Crippen LogP contribution in [-0.2, 0) is 6.67 Å². The second-order valence-corrected chi connectivity index (χ2v) is 4.15. The van der Waals surface area contributed by atoms with Crippen molar-refractivity contribution in [2.45, 2.75) is 20.5 Å². The van der Waals surface area contributed by atoms with Crippen LogP contribution >= 0.6 is 0 Å². The first kappa shape index (κ1) is 11.6.